The molecule has 0 radical (unpaired) electrons. The smallest absolute Gasteiger partial charge is 0.0295 e. The lowest BCUT2D eigenvalue weighted by atomic mass is 10.1. The summed E-state index contributed by atoms with van der Waals surface area (Å²) in [6.45, 7) is 2.23. The second-order valence-corrected chi connectivity index (χ2v) is 4.15. The maximum atomic E-state index is 4.03. The van der Waals surface area contributed by atoms with Crippen LogP contribution in [0.25, 0.3) is 0 Å². The topological polar surface area (TPSA) is 24.9 Å². The third-order valence-corrected chi connectivity index (χ3v) is 3.05. The van der Waals surface area contributed by atoms with Gasteiger partial charge in [-0.3, -0.25) is 4.98 Å². The van der Waals surface area contributed by atoms with E-state index in [-0.39, 0.29) is 0 Å². The van der Waals surface area contributed by atoms with E-state index < -0.39 is 0 Å². The molecule has 1 aromatic heterocycles. The van der Waals surface area contributed by atoms with Crippen molar-refractivity contribution in [1.82, 2.24) is 10.3 Å². The first-order valence-corrected chi connectivity index (χ1v) is 5.52. The van der Waals surface area contributed by atoms with Gasteiger partial charge in [0.1, 0.15) is 0 Å². The van der Waals surface area contributed by atoms with Crippen LogP contribution in [0.15, 0.2) is 24.5 Å². The molecule has 1 N–H and O–H groups in total. The molecule has 1 heterocycles. The highest BCUT2D eigenvalue weighted by molar-refractivity contribution is 5.14. The monoisotopic (exact) mass is 190 g/mol. The molecular weight excluding hydrogens is 172 g/mol. The van der Waals surface area contributed by atoms with Gasteiger partial charge >= 0.3 is 0 Å². The number of pyridine rings is 1. The van der Waals surface area contributed by atoms with Crippen molar-refractivity contribution in [2.75, 3.05) is 0 Å². The van der Waals surface area contributed by atoms with Gasteiger partial charge < -0.3 is 5.32 Å². The molecule has 0 bridgehead atoms. The minimum atomic E-state index is 0.459. The van der Waals surface area contributed by atoms with Gasteiger partial charge in [-0.15, -0.1) is 0 Å². The van der Waals surface area contributed by atoms with Crippen molar-refractivity contribution in [3.8, 4) is 0 Å². The fourth-order valence-corrected chi connectivity index (χ4v) is 2.19. The average molecular weight is 190 g/mol. The molecule has 1 aliphatic carbocycles. The molecule has 1 aliphatic rings. The fraction of sp³-hybridized carbons (Fsp3) is 0.583. The first-order chi connectivity index (χ1) is 6.86. The van der Waals surface area contributed by atoms with Crippen LogP contribution >= 0.6 is 0 Å². The Morgan fingerprint density at radius 1 is 1.29 bits per heavy atom. The Kier molecular flexibility index (Phi) is 3.14. The summed E-state index contributed by atoms with van der Waals surface area (Å²) >= 11 is 0. The van der Waals surface area contributed by atoms with Crippen LogP contribution in [-0.4, -0.2) is 11.0 Å². The van der Waals surface area contributed by atoms with Gasteiger partial charge in [0.05, 0.1) is 0 Å². The lowest BCUT2D eigenvalue weighted by Crippen LogP contribution is -2.28. The van der Waals surface area contributed by atoms with Crippen LogP contribution in [0.2, 0.25) is 0 Å². The molecule has 1 atom stereocenters. The lowest BCUT2D eigenvalue weighted by molar-refractivity contribution is 0.461. The second-order valence-electron chi connectivity index (χ2n) is 4.15. The first-order valence-electron chi connectivity index (χ1n) is 5.52. The van der Waals surface area contributed by atoms with Gasteiger partial charge in [0.15, 0.2) is 0 Å². The molecule has 0 aliphatic heterocycles. The van der Waals surface area contributed by atoms with Crippen LogP contribution < -0.4 is 5.32 Å². The number of nitrogens with one attached hydrogen (secondary N) is 1. The molecule has 1 fully saturated rings. The fourth-order valence-electron chi connectivity index (χ4n) is 2.19. The van der Waals surface area contributed by atoms with E-state index in [0.29, 0.717) is 6.04 Å². The van der Waals surface area contributed by atoms with Gasteiger partial charge in [-0.05, 0) is 37.5 Å². The summed E-state index contributed by atoms with van der Waals surface area (Å²) in [4.78, 5) is 4.03. The number of aromatic nitrogens is 1. The maximum absolute atomic E-state index is 4.03. The summed E-state index contributed by atoms with van der Waals surface area (Å²) in [7, 11) is 0. The Hall–Kier alpha value is -0.890. The van der Waals surface area contributed by atoms with Crippen LogP contribution in [0, 0.1) is 0 Å². The van der Waals surface area contributed by atoms with Crippen molar-refractivity contribution >= 4 is 0 Å². The Bertz CT molecular complexity index is 265. The Morgan fingerprint density at radius 2 is 1.93 bits per heavy atom. The summed E-state index contributed by atoms with van der Waals surface area (Å²) in [5, 5.41) is 3.67. The Balaban J connectivity index is 1.92. The van der Waals surface area contributed by atoms with Crippen molar-refractivity contribution in [2.24, 2.45) is 0 Å². The zero-order valence-corrected chi connectivity index (χ0v) is 8.74. The largest absolute Gasteiger partial charge is 0.307 e. The van der Waals surface area contributed by atoms with E-state index in [0.717, 1.165) is 6.04 Å². The van der Waals surface area contributed by atoms with Crippen LogP contribution in [0.1, 0.15) is 44.2 Å². The van der Waals surface area contributed by atoms with Crippen molar-refractivity contribution in [3.63, 3.8) is 0 Å². The molecule has 76 valence electrons. The minimum absolute atomic E-state index is 0.459. The summed E-state index contributed by atoms with van der Waals surface area (Å²) < 4.78 is 0. The third-order valence-electron chi connectivity index (χ3n) is 3.05. The third kappa shape index (κ3) is 2.32. The molecule has 1 saturated carbocycles. The molecule has 0 saturated heterocycles. The van der Waals surface area contributed by atoms with Gasteiger partial charge in [0.2, 0.25) is 0 Å². The van der Waals surface area contributed by atoms with E-state index in [1.807, 2.05) is 12.4 Å². The molecule has 0 amide bonds. The second kappa shape index (κ2) is 4.56. The molecule has 0 aromatic carbocycles. The predicted octanol–water partition coefficient (Wildman–Crippen LogP) is 2.67. The van der Waals surface area contributed by atoms with E-state index >= 15 is 0 Å². The van der Waals surface area contributed by atoms with Crippen molar-refractivity contribution < 1.29 is 0 Å². The summed E-state index contributed by atoms with van der Waals surface area (Å²) in [6.07, 6.45) is 9.19. The summed E-state index contributed by atoms with van der Waals surface area (Å²) in [5.74, 6) is 0. The minimum Gasteiger partial charge on any atom is -0.307 e. The number of hydrogen-bond donors (Lipinski definition) is 1. The van der Waals surface area contributed by atoms with Gasteiger partial charge in [-0.25, -0.2) is 0 Å². The normalized spacial score (nSPS) is 19.8. The van der Waals surface area contributed by atoms with Crippen LogP contribution in [0.5, 0.6) is 0 Å². The highest BCUT2D eigenvalue weighted by Crippen LogP contribution is 2.21. The molecule has 14 heavy (non-hydrogen) atoms. The number of rotatable bonds is 3. The SMILES string of the molecule is CC(NC1CCCC1)c1ccncc1. The molecule has 2 rings (SSSR count). The van der Waals surface area contributed by atoms with Gasteiger partial charge in [-0.1, -0.05) is 12.8 Å². The standard InChI is InChI=1S/C12H18N2/c1-10(11-6-8-13-9-7-11)14-12-4-2-3-5-12/h6-10,12,14H,2-5H2,1H3. The van der Waals surface area contributed by atoms with E-state index in [4.69, 9.17) is 0 Å². The van der Waals surface area contributed by atoms with Crippen molar-refractivity contribution in [2.45, 2.75) is 44.7 Å². The number of hydrogen-bond acceptors (Lipinski definition) is 2. The van der Waals surface area contributed by atoms with E-state index in [1.54, 1.807) is 0 Å². The molecule has 1 aromatic rings. The predicted molar refractivity (Wildman–Crippen MR) is 58.0 cm³/mol. The Morgan fingerprint density at radius 3 is 2.57 bits per heavy atom. The highest BCUT2D eigenvalue weighted by atomic mass is 14.9. The first kappa shape index (κ1) is 9.66. The summed E-state index contributed by atoms with van der Waals surface area (Å²) in [6, 6.07) is 5.37. The molecule has 1 unspecified atom stereocenters. The van der Waals surface area contributed by atoms with Crippen LogP contribution in [0.3, 0.4) is 0 Å². The van der Waals surface area contributed by atoms with E-state index in [2.05, 4.69) is 29.4 Å². The van der Waals surface area contributed by atoms with Crippen LogP contribution in [-0.2, 0) is 0 Å². The molecule has 2 heteroatoms. The van der Waals surface area contributed by atoms with E-state index in [9.17, 15) is 0 Å². The van der Waals surface area contributed by atoms with Gasteiger partial charge in [-0.2, -0.15) is 0 Å². The average Bonchev–Trinajstić information content (AvgIpc) is 2.72. The zero-order chi connectivity index (χ0) is 9.80. The van der Waals surface area contributed by atoms with Crippen LogP contribution in [0.4, 0.5) is 0 Å². The van der Waals surface area contributed by atoms with Gasteiger partial charge in [0.25, 0.3) is 0 Å². The Labute approximate surface area is 85.7 Å². The highest BCUT2D eigenvalue weighted by Gasteiger charge is 2.17. The molecule has 0 spiro atoms. The molecule has 2 nitrogen and oxygen atoms in total. The number of nitrogens with zero attached hydrogens (tertiary/aromatic N) is 1. The lowest BCUT2D eigenvalue weighted by Gasteiger charge is -2.19. The molecular formula is C12H18N2. The summed E-state index contributed by atoms with van der Waals surface area (Å²) in [5.41, 5.74) is 1.34. The van der Waals surface area contributed by atoms with Crippen molar-refractivity contribution in [3.05, 3.63) is 30.1 Å². The van der Waals surface area contributed by atoms with Gasteiger partial charge in [0, 0.05) is 24.5 Å². The quantitative estimate of drug-likeness (QED) is 0.792. The van der Waals surface area contributed by atoms with E-state index in [1.165, 1.54) is 31.2 Å². The zero-order valence-electron chi connectivity index (χ0n) is 8.74. The van der Waals surface area contributed by atoms with Crippen molar-refractivity contribution in [1.29, 1.82) is 0 Å². The maximum Gasteiger partial charge on any atom is 0.0295 e.